The van der Waals surface area contributed by atoms with Gasteiger partial charge in [-0.1, -0.05) is 6.92 Å². The van der Waals surface area contributed by atoms with Crippen molar-refractivity contribution in [3.8, 4) is 5.75 Å². The van der Waals surface area contributed by atoms with Gasteiger partial charge in [0.25, 0.3) is 0 Å². The summed E-state index contributed by atoms with van der Waals surface area (Å²) < 4.78 is 12.0. The minimum atomic E-state index is -0.965. The van der Waals surface area contributed by atoms with Crippen LogP contribution in [-0.4, -0.2) is 30.8 Å². The van der Waals surface area contributed by atoms with E-state index in [2.05, 4.69) is 15.9 Å². The van der Waals surface area contributed by atoms with E-state index in [1.54, 1.807) is 6.07 Å². The molecule has 0 aliphatic rings. The van der Waals surface area contributed by atoms with E-state index in [0.717, 1.165) is 14.6 Å². The fourth-order valence-corrected chi connectivity index (χ4v) is 3.52. The van der Waals surface area contributed by atoms with Crippen LogP contribution in [0.1, 0.15) is 23.0 Å². The number of methoxy groups -OCH3 is 1. The third-order valence-electron chi connectivity index (χ3n) is 3.09. The Balaban J connectivity index is 2.26. The van der Waals surface area contributed by atoms with E-state index in [0.29, 0.717) is 10.6 Å². The predicted octanol–water partition coefficient (Wildman–Crippen LogP) is 3.94. The molecule has 0 aliphatic heterocycles. The van der Waals surface area contributed by atoms with E-state index in [1.165, 1.54) is 25.4 Å². The lowest BCUT2D eigenvalue weighted by Gasteiger charge is -2.06. The first kappa shape index (κ1) is 16.9. The van der Waals surface area contributed by atoms with E-state index in [-0.39, 0.29) is 19.0 Å². The van der Waals surface area contributed by atoms with Gasteiger partial charge in [0.05, 0.1) is 15.3 Å². The molecule has 0 saturated carbocycles. The topological polar surface area (TPSA) is 72.8 Å². The van der Waals surface area contributed by atoms with Gasteiger partial charge in [0.15, 0.2) is 12.6 Å². The van der Waals surface area contributed by atoms with Crippen molar-refractivity contribution in [2.75, 3.05) is 13.9 Å². The molecule has 1 N–H and O–H groups in total. The highest BCUT2D eigenvalue weighted by Gasteiger charge is 2.19. The van der Waals surface area contributed by atoms with Crippen LogP contribution in [-0.2, 0) is 9.53 Å². The monoisotopic (exact) mass is 386 g/mol. The summed E-state index contributed by atoms with van der Waals surface area (Å²) in [5, 5.41) is 9.77. The normalized spacial score (nSPS) is 12.3. The average molecular weight is 387 g/mol. The molecule has 0 spiro atoms. The molecule has 2 aromatic rings. The summed E-state index contributed by atoms with van der Waals surface area (Å²) in [6, 6.07) is 5.47. The molecule has 1 atom stereocenters. The summed E-state index contributed by atoms with van der Waals surface area (Å²) in [4.78, 5) is 23.6. The Morgan fingerprint density at radius 3 is 2.73 bits per heavy atom. The first-order valence-electron chi connectivity index (χ1n) is 6.53. The van der Waals surface area contributed by atoms with E-state index >= 15 is 0 Å². The molecule has 0 unspecified atom stereocenters. The zero-order valence-corrected chi connectivity index (χ0v) is 14.5. The minimum Gasteiger partial charge on any atom is -0.481 e. The highest BCUT2D eigenvalue weighted by molar-refractivity contribution is 9.10. The number of carbonyl (C=O) groups excluding carboxylic acids is 1. The van der Waals surface area contributed by atoms with Gasteiger partial charge in [-0.25, -0.2) is 0 Å². The van der Waals surface area contributed by atoms with E-state index < -0.39 is 11.9 Å². The Morgan fingerprint density at radius 2 is 2.09 bits per heavy atom. The van der Waals surface area contributed by atoms with Crippen LogP contribution in [0.4, 0.5) is 0 Å². The van der Waals surface area contributed by atoms with E-state index in [9.17, 15) is 9.59 Å². The van der Waals surface area contributed by atoms with Crippen molar-refractivity contribution in [1.29, 1.82) is 0 Å². The van der Waals surface area contributed by atoms with Crippen molar-refractivity contribution in [2.24, 2.45) is 5.92 Å². The number of ketones is 1. The molecule has 0 aliphatic carbocycles. The summed E-state index contributed by atoms with van der Waals surface area (Å²) in [6.45, 7) is 1.66. The summed E-state index contributed by atoms with van der Waals surface area (Å²) in [5.41, 5.74) is 0. The number of thiophene rings is 1. The lowest BCUT2D eigenvalue weighted by molar-refractivity contribution is -0.141. The van der Waals surface area contributed by atoms with Gasteiger partial charge in [0.1, 0.15) is 5.75 Å². The summed E-state index contributed by atoms with van der Waals surface area (Å²) in [6.07, 6.45) is -0.00361. The maximum atomic E-state index is 12.2. The van der Waals surface area contributed by atoms with Gasteiger partial charge in [-0.2, -0.15) is 0 Å². The van der Waals surface area contributed by atoms with Gasteiger partial charge in [-0.05, 0) is 39.5 Å². The molecule has 22 heavy (non-hydrogen) atoms. The van der Waals surface area contributed by atoms with Crippen LogP contribution < -0.4 is 4.74 Å². The number of carbonyl (C=O) groups is 2. The van der Waals surface area contributed by atoms with Crippen LogP contribution in [0, 0.1) is 5.92 Å². The molecule has 0 fully saturated rings. The van der Waals surface area contributed by atoms with Gasteiger partial charge < -0.3 is 14.6 Å². The molecule has 0 amide bonds. The molecule has 0 radical (unpaired) electrons. The van der Waals surface area contributed by atoms with Gasteiger partial charge in [-0.3, -0.25) is 9.59 Å². The van der Waals surface area contributed by atoms with Crippen molar-refractivity contribution >= 4 is 49.1 Å². The largest absolute Gasteiger partial charge is 0.481 e. The number of hydrogen-bond acceptors (Lipinski definition) is 5. The van der Waals surface area contributed by atoms with Crippen molar-refractivity contribution < 1.29 is 24.2 Å². The number of rotatable bonds is 7. The predicted molar refractivity (Wildman–Crippen MR) is 87.8 cm³/mol. The zero-order chi connectivity index (χ0) is 16.3. The number of hydrogen-bond donors (Lipinski definition) is 1. The SMILES string of the molecule is COCOc1cc2cc(C(=O)C[C@H](C)C(=O)O)sc2cc1Br. The van der Waals surface area contributed by atoms with Crippen LogP contribution >= 0.6 is 27.3 Å². The average Bonchev–Trinajstić information content (AvgIpc) is 2.87. The lowest BCUT2D eigenvalue weighted by atomic mass is 10.0. The Hall–Kier alpha value is -1.44. The van der Waals surface area contributed by atoms with Crippen molar-refractivity contribution in [3.63, 3.8) is 0 Å². The maximum Gasteiger partial charge on any atom is 0.306 e. The number of carboxylic acids is 1. The molecular formula is C15H15BrO5S. The maximum absolute atomic E-state index is 12.2. The summed E-state index contributed by atoms with van der Waals surface area (Å²) in [5.74, 6) is -1.19. The fourth-order valence-electron chi connectivity index (χ4n) is 1.88. The number of aliphatic carboxylic acids is 1. The Kier molecular flexibility index (Phi) is 5.55. The molecule has 0 bridgehead atoms. The van der Waals surface area contributed by atoms with Gasteiger partial charge in [0.2, 0.25) is 0 Å². The molecule has 1 aromatic heterocycles. The molecule has 5 nitrogen and oxygen atoms in total. The van der Waals surface area contributed by atoms with Crippen molar-refractivity contribution in [1.82, 2.24) is 0 Å². The molecule has 7 heteroatoms. The van der Waals surface area contributed by atoms with Crippen molar-refractivity contribution in [3.05, 3.63) is 27.5 Å². The summed E-state index contributed by atoms with van der Waals surface area (Å²) >= 11 is 4.76. The van der Waals surface area contributed by atoms with Crippen LogP contribution in [0.25, 0.3) is 10.1 Å². The molecule has 118 valence electrons. The lowest BCUT2D eigenvalue weighted by Crippen LogP contribution is -2.13. The van der Waals surface area contributed by atoms with Gasteiger partial charge >= 0.3 is 5.97 Å². The number of ether oxygens (including phenoxy) is 2. The Labute approximate surface area is 140 Å². The Bertz CT molecular complexity index is 709. The first-order chi connectivity index (χ1) is 10.4. The Morgan fingerprint density at radius 1 is 1.36 bits per heavy atom. The summed E-state index contributed by atoms with van der Waals surface area (Å²) in [7, 11) is 1.54. The highest BCUT2D eigenvalue weighted by Crippen LogP contribution is 2.35. The number of halogens is 1. The van der Waals surface area contributed by atoms with Crippen LogP contribution in [0.3, 0.4) is 0 Å². The third-order valence-corrected chi connectivity index (χ3v) is 4.85. The molecular weight excluding hydrogens is 372 g/mol. The van der Waals surface area contributed by atoms with Crippen LogP contribution in [0.15, 0.2) is 22.7 Å². The quantitative estimate of drug-likeness (QED) is 0.576. The second kappa shape index (κ2) is 7.21. The minimum absolute atomic E-state index is 0.00361. The smallest absolute Gasteiger partial charge is 0.306 e. The van der Waals surface area contributed by atoms with E-state index in [4.69, 9.17) is 14.6 Å². The number of benzene rings is 1. The second-order valence-electron chi connectivity index (χ2n) is 4.85. The molecule has 1 heterocycles. The molecule has 0 saturated heterocycles. The number of Topliss-reactive ketones (excluding diaryl/α,β-unsaturated/α-hetero) is 1. The van der Waals surface area contributed by atoms with Gasteiger partial charge in [0, 0.05) is 18.2 Å². The highest BCUT2D eigenvalue weighted by atomic mass is 79.9. The molecule has 1 aromatic carbocycles. The third kappa shape index (κ3) is 3.85. The first-order valence-corrected chi connectivity index (χ1v) is 8.14. The van der Waals surface area contributed by atoms with Crippen LogP contribution in [0.5, 0.6) is 5.75 Å². The second-order valence-corrected chi connectivity index (χ2v) is 6.79. The fraction of sp³-hybridized carbons (Fsp3) is 0.333. The standard InChI is InChI=1S/C15H15BrO5S/c1-8(15(18)19)3-11(17)14-5-9-4-12(21-7-20-2)10(16)6-13(9)22-14/h4-6,8H,3,7H2,1-2H3,(H,18,19)/t8-/m0/s1. The van der Waals surface area contributed by atoms with Crippen LogP contribution in [0.2, 0.25) is 0 Å². The van der Waals surface area contributed by atoms with E-state index in [1.807, 2.05) is 12.1 Å². The number of carboxylic acid groups (broad SMARTS) is 1. The van der Waals surface area contributed by atoms with Crippen molar-refractivity contribution in [2.45, 2.75) is 13.3 Å². The zero-order valence-electron chi connectivity index (χ0n) is 12.1. The number of fused-ring (bicyclic) bond motifs is 1. The van der Waals surface area contributed by atoms with Gasteiger partial charge in [-0.15, -0.1) is 11.3 Å². The molecule has 2 rings (SSSR count).